The number of hydrogen-bond acceptors (Lipinski definition) is 3. The first kappa shape index (κ1) is 11.8. The van der Waals surface area contributed by atoms with Crippen molar-refractivity contribution in [1.82, 2.24) is 0 Å². The van der Waals surface area contributed by atoms with Crippen LogP contribution in [0.4, 0.5) is 0 Å². The lowest BCUT2D eigenvalue weighted by atomic mass is 9.92. The number of aryl methyl sites for hydroxylation is 1. The first-order chi connectivity index (χ1) is 8.57. The summed E-state index contributed by atoms with van der Waals surface area (Å²) in [7, 11) is 0. The van der Waals surface area contributed by atoms with Crippen molar-refractivity contribution in [1.29, 1.82) is 0 Å². The zero-order valence-electron chi connectivity index (χ0n) is 10.6. The Hall–Kier alpha value is -1.32. The van der Waals surface area contributed by atoms with Crippen molar-refractivity contribution >= 4 is 11.3 Å². The maximum atomic E-state index is 10.8. The van der Waals surface area contributed by atoms with Gasteiger partial charge in [-0.1, -0.05) is 6.07 Å². The summed E-state index contributed by atoms with van der Waals surface area (Å²) in [5, 5.41) is 10.8. The Morgan fingerprint density at radius 2 is 2.11 bits per heavy atom. The van der Waals surface area contributed by atoms with E-state index in [0.717, 1.165) is 29.2 Å². The largest absolute Gasteiger partial charge is 0.493 e. The molecule has 0 saturated heterocycles. The highest BCUT2D eigenvalue weighted by molar-refractivity contribution is 7.12. The fourth-order valence-corrected chi connectivity index (χ4v) is 3.26. The summed E-state index contributed by atoms with van der Waals surface area (Å²) in [6.45, 7) is 4.66. The molecule has 1 N–H and O–H groups in total. The van der Waals surface area contributed by atoms with Gasteiger partial charge in [-0.3, -0.25) is 0 Å². The van der Waals surface area contributed by atoms with Crippen molar-refractivity contribution in [3.8, 4) is 5.75 Å². The lowest BCUT2D eigenvalue weighted by Crippen LogP contribution is -2.21. The highest BCUT2D eigenvalue weighted by atomic mass is 32.1. The topological polar surface area (TPSA) is 29.5 Å². The van der Waals surface area contributed by atoms with Crippen LogP contribution in [0.5, 0.6) is 5.75 Å². The van der Waals surface area contributed by atoms with Gasteiger partial charge in [-0.25, -0.2) is 0 Å². The lowest BCUT2D eigenvalue weighted by molar-refractivity contribution is 0.106. The van der Waals surface area contributed by atoms with Crippen LogP contribution in [0.25, 0.3) is 0 Å². The van der Waals surface area contributed by atoms with E-state index in [9.17, 15) is 5.11 Å². The second-order valence-electron chi connectivity index (χ2n) is 4.90. The number of ether oxygens (including phenoxy) is 1. The molecule has 0 aliphatic carbocycles. The van der Waals surface area contributed by atoms with Crippen molar-refractivity contribution in [2.24, 2.45) is 0 Å². The average Bonchev–Trinajstić information content (AvgIpc) is 2.96. The molecule has 1 aliphatic heterocycles. The third kappa shape index (κ3) is 1.84. The monoisotopic (exact) mass is 260 g/mol. The third-order valence-corrected chi connectivity index (χ3v) is 4.68. The number of hydrogen-bond donors (Lipinski definition) is 1. The standard InChI is InChI=1S/C15H16O2S/c1-10-3-6-14(18-10)15(2,16)12-4-5-13-11(9-12)7-8-17-13/h3-6,9,16H,7-8H2,1-2H3. The molecule has 1 aromatic carbocycles. The lowest BCUT2D eigenvalue weighted by Gasteiger charge is -2.23. The van der Waals surface area contributed by atoms with Crippen LogP contribution >= 0.6 is 11.3 Å². The average molecular weight is 260 g/mol. The smallest absolute Gasteiger partial charge is 0.122 e. The van der Waals surface area contributed by atoms with Gasteiger partial charge in [-0.2, -0.15) is 0 Å². The predicted molar refractivity (Wildman–Crippen MR) is 73.4 cm³/mol. The molecule has 2 heterocycles. The molecule has 94 valence electrons. The molecule has 1 aliphatic rings. The maximum absolute atomic E-state index is 10.8. The Morgan fingerprint density at radius 3 is 2.83 bits per heavy atom. The van der Waals surface area contributed by atoms with Crippen LogP contribution in [0.3, 0.4) is 0 Å². The Balaban J connectivity index is 2.03. The quantitative estimate of drug-likeness (QED) is 0.898. The Labute approximate surface area is 111 Å². The summed E-state index contributed by atoms with van der Waals surface area (Å²) < 4.78 is 5.50. The summed E-state index contributed by atoms with van der Waals surface area (Å²) >= 11 is 1.64. The minimum atomic E-state index is -0.920. The first-order valence-corrected chi connectivity index (χ1v) is 6.94. The SMILES string of the molecule is Cc1ccc(C(C)(O)c2ccc3c(c2)CCO3)s1. The molecule has 0 saturated carbocycles. The van der Waals surface area contributed by atoms with E-state index in [1.54, 1.807) is 11.3 Å². The van der Waals surface area contributed by atoms with Crippen molar-refractivity contribution in [2.75, 3.05) is 6.61 Å². The summed E-state index contributed by atoms with van der Waals surface area (Å²) in [4.78, 5) is 2.20. The summed E-state index contributed by atoms with van der Waals surface area (Å²) in [6.07, 6.45) is 0.933. The normalized spacial score (nSPS) is 17.1. The Kier molecular flexibility index (Phi) is 2.68. The van der Waals surface area contributed by atoms with Gasteiger partial charge in [0, 0.05) is 16.2 Å². The van der Waals surface area contributed by atoms with Crippen LogP contribution in [0, 0.1) is 6.92 Å². The van der Waals surface area contributed by atoms with Gasteiger partial charge in [0.25, 0.3) is 0 Å². The minimum Gasteiger partial charge on any atom is -0.493 e. The fourth-order valence-electron chi connectivity index (χ4n) is 2.33. The molecule has 3 heteroatoms. The van der Waals surface area contributed by atoms with E-state index >= 15 is 0 Å². The molecule has 18 heavy (non-hydrogen) atoms. The fraction of sp³-hybridized carbons (Fsp3) is 0.333. The molecule has 1 unspecified atom stereocenters. The van der Waals surface area contributed by atoms with Crippen molar-refractivity contribution in [3.05, 3.63) is 51.2 Å². The number of fused-ring (bicyclic) bond motifs is 1. The highest BCUT2D eigenvalue weighted by Crippen LogP contribution is 2.36. The predicted octanol–water partition coefficient (Wildman–Crippen LogP) is 3.25. The zero-order valence-corrected chi connectivity index (χ0v) is 11.4. The van der Waals surface area contributed by atoms with Gasteiger partial charge in [0.1, 0.15) is 11.4 Å². The molecule has 1 aromatic heterocycles. The highest BCUT2D eigenvalue weighted by Gasteiger charge is 2.28. The number of aliphatic hydroxyl groups is 1. The van der Waals surface area contributed by atoms with Gasteiger partial charge in [-0.05, 0) is 49.2 Å². The van der Waals surface area contributed by atoms with E-state index in [1.807, 2.05) is 31.2 Å². The Morgan fingerprint density at radius 1 is 1.28 bits per heavy atom. The maximum Gasteiger partial charge on any atom is 0.122 e. The first-order valence-electron chi connectivity index (χ1n) is 6.13. The second kappa shape index (κ2) is 4.11. The molecule has 0 bridgehead atoms. The molecule has 2 aromatic rings. The number of rotatable bonds is 2. The molecule has 2 nitrogen and oxygen atoms in total. The van der Waals surface area contributed by atoms with Crippen LogP contribution in [-0.2, 0) is 12.0 Å². The summed E-state index contributed by atoms with van der Waals surface area (Å²) in [5.41, 5.74) is 1.21. The van der Waals surface area contributed by atoms with Crippen LogP contribution in [0.2, 0.25) is 0 Å². The van der Waals surface area contributed by atoms with Gasteiger partial charge in [0.2, 0.25) is 0 Å². The van der Waals surface area contributed by atoms with E-state index in [2.05, 4.69) is 13.0 Å². The van der Waals surface area contributed by atoms with Crippen LogP contribution in [0.1, 0.15) is 27.8 Å². The van der Waals surface area contributed by atoms with Gasteiger partial charge in [0.15, 0.2) is 0 Å². The molecule has 0 radical (unpaired) electrons. The Bertz CT molecular complexity index is 584. The zero-order chi connectivity index (χ0) is 12.8. The van der Waals surface area contributed by atoms with Crippen LogP contribution in [-0.4, -0.2) is 11.7 Å². The van der Waals surface area contributed by atoms with Crippen molar-refractivity contribution in [3.63, 3.8) is 0 Å². The third-order valence-electron chi connectivity index (χ3n) is 3.47. The molecule has 0 spiro atoms. The molecular weight excluding hydrogens is 244 g/mol. The minimum absolute atomic E-state index is 0.749. The summed E-state index contributed by atoms with van der Waals surface area (Å²) in [5.74, 6) is 0.955. The van der Waals surface area contributed by atoms with E-state index in [-0.39, 0.29) is 0 Å². The molecule has 0 fully saturated rings. The second-order valence-corrected chi connectivity index (χ2v) is 6.19. The molecule has 1 atom stereocenters. The molecular formula is C15H16O2S. The van der Waals surface area contributed by atoms with Gasteiger partial charge in [-0.15, -0.1) is 11.3 Å². The van der Waals surface area contributed by atoms with Crippen molar-refractivity contribution < 1.29 is 9.84 Å². The van der Waals surface area contributed by atoms with Gasteiger partial charge < -0.3 is 9.84 Å². The molecule has 3 rings (SSSR count). The summed E-state index contributed by atoms with van der Waals surface area (Å²) in [6, 6.07) is 10.0. The van der Waals surface area contributed by atoms with Gasteiger partial charge >= 0.3 is 0 Å². The van der Waals surface area contributed by atoms with Gasteiger partial charge in [0.05, 0.1) is 6.61 Å². The van der Waals surface area contributed by atoms with Crippen LogP contribution in [0.15, 0.2) is 30.3 Å². The van der Waals surface area contributed by atoms with Crippen LogP contribution < -0.4 is 4.74 Å². The van der Waals surface area contributed by atoms with Crippen molar-refractivity contribution in [2.45, 2.75) is 25.9 Å². The van der Waals surface area contributed by atoms with E-state index < -0.39 is 5.60 Å². The van der Waals surface area contributed by atoms with E-state index in [1.165, 1.54) is 10.4 Å². The van der Waals surface area contributed by atoms with E-state index in [4.69, 9.17) is 4.74 Å². The number of benzene rings is 1. The number of thiophene rings is 1. The van der Waals surface area contributed by atoms with E-state index in [0.29, 0.717) is 0 Å². The molecule has 0 amide bonds.